The zero-order chi connectivity index (χ0) is 14.8. The highest BCUT2D eigenvalue weighted by molar-refractivity contribution is 6.30. The van der Waals surface area contributed by atoms with Crippen molar-refractivity contribution in [2.45, 2.75) is 6.54 Å². The number of hydrogen-bond donors (Lipinski definition) is 0. The SMILES string of the molecule is N#Cc1cn(Cc2ccc(Cl)cc2)c2ccccc2c1=O. The van der Waals surface area contributed by atoms with Gasteiger partial charge in [0.1, 0.15) is 11.6 Å². The van der Waals surface area contributed by atoms with E-state index in [1.807, 2.05) is 47.0 Å². The molecule has 1 heterocycles. The van der Waals surface area contributed by atoms with Crippen LogP contribution in [0.15, 0.2) is 59.5 Å². The van der Waals surface area contributed by atoms with E-state index in [1.54, 1.807) is 18.3 Å². The van der Waals surface area contributed by atoms with Crippen LogP contribution in [0.1, 0.15) is 11.1 Å². The summed E-state index contributed by atoms with van der Waals surface area (Å²) < 4.78 is 1.92. The molecule has 3 aromatic rings. The first-order valence-corrected chi connectivity index (χ1v) is 6.83. The maximum atomic E-state index is 12.2. The average molecular weight is 295 g/mol. The van der Waals surface area contributed by atoms with Gasteiger partial charge in [0.05, 0.1) is 5.52 Å². The van der Waals surface area contributed by atoms with Crippen molar-refractivity contribution in [3.8, 4) is 6.07 Å². The molecule has 102 valence electrons. The maximum absolute atomic E-state index is 12.2. The molecule has 0 bridgehead atoms. The molecule has 0 radical (unpaired) electrons. The largest absolute Gasteiger partial charge is 0.341 e. The molecule has 3 rings (SSSR count). The van der Waals surface area contributed by atoms with E-state index < -0.39 is 0 Å². The summed E-state index contributed by atoms with van der Waals surface area (Å²) in [6.45, 7) is 0.576. The van der Waals surface area contributed by atoms with Crippen LogP contribution in [0, 0.1) is 11.3 Å². The van der Waals surface area contributed by atoms with Gasteiger partial charge in [0.25, 0.3) is 0 Å². The van der Waals surface area contributed by atoms with Crippen molar-refractivity contribution < 1.29 is 0 Å². The number of para-hydroxylation sites is 1. The number of benzene rings is 2. The molecule has 0 aliphatic heterocycles. The maximum Gasteiger partial charge on any atom is 0.207 e. The van der Waals surface area contributed by atoms with Gasteiger partial charge in [0.15, 0.2) is 0 Å². The normalized spacial score (nSPS) is 10.5. The molecule has 4 heteroatoms. The van der Waals surface area contributed by atoms with Crippen molar-refractivity contribution in [2.24, 2.45) is 0 Å². The van der Waals surface area contributed by atoms with Crippen molar-refractivity contribution in [3.05, 3.63) is 81.1 Å². The first kappa shape index (κ1) is 13.4. The van der Waals surface area contributed by atoms with Gasteiger partial charge in [-0.05, 0) is 29.8 Å². The lowest BCUT2D eigenvalue weighted by Crippen LogP contribution is -2.13. The van der Waals surface area contributed by atoms with E-state index in [-0.39, 0.29) is 11.0 Å². The third kappa shape index (κ3) is 2.54. The molecule has 0 saturated heterocycles. The molecular weight excluding hydrogens is 284 g/mol. The van der Waals surface area contributed by atoms with Crippen molar-refractivity contribution in [2.75, 3.05) is 0 Å². The quantitative estimate of drug-likeness (QED) is 0.725. The van der Waals surface area contributed by atoms with Crippen LogP contribution in [0.3, 0.4) is 0 Å². The molecule has 0 N–H and O–H groups in total. The smallest absolute Gasteiger partial charge is 0.207 e. The Bertz CT molecular complexity index is 905. The van der Waals surface area contributed by atoms with Crippen LogP contribution in [0.4, 0.5) is 0 Å². The Hall–Kier alpha value is -2.57. The summed E-state index contributed by atoms with van der Waals surface area (Å²) in [5, 5.41) is 10.4. The zero-order valence-corrected chi connectivity index (χ0v) is 11.8. The lowest BCUT2D eigenvalue weighted by atomic mass is 10.1. The number of aromatic nitrogens is 1. The topological polar surface area (TPSA) is 45.8 Å². The Balaban J connectivity index is 2.18. The molecule has 0 spiro atoms. The molecule has 0 amide bonds. The summed E-state index contributed by atoms with van der Waals surface area (Å²) in [4.78, 5) is 12.2. The summed E-state index contributed by atoms with van der Waals surface area (Å²) in [6.07, 6.45) is 1.61. The van der Waals surface area contributed by atoms with Crippen LogP contribution in [0.25, 0.3) is 10.9 Å². The molecule has 0 aliphatic rings. The van der Waals surface area contributed by atoms with Gasteiger partial charge in [0, 0.05) is 23.2 Å². The van der Waals surface area contributed by atoms with Gasteiger partial charge >= 0.3 is 0 Å². The Labute approximate surface area is 126 Å². The Morgan fingerprint density at radius 2 is 1.81 bits per heavy atom. The number of nitriles is 1. The van der Waals surface area contributed by atoms with E-state index in [0.29, 0.717) is 17.0 Å². The van der Waals surface area contributed by atoms with Gasteiger partial charge in [0.2, 0.25) is 5.43 Å². The van der Waals surface area contributed by atoms with Crippen LogP contribution in [0.5, 0.6) is 0 Å². The highest BCUT2D eigenvalue weighted by atomic mass is 35.5. The van der Waals surface area contributed by atoms with E-state index in [2.05, 4.69) is 0 Å². The van der Waals surface area contributed by atoms with Crippen LogP contribution in [-0.4, -0.2) is 4.57 Å². The molecular formula is C17H11ClN2O. The summed E-state index contributed by atoms with van der Waals surface area (Å²) in [7, 11) is 0. The van der Waals surface area contributed by atoms with Crippen molar-refractivity contribution in [1.29, 1.82) is 5.26 Å². The highest BCUT2D eigenvalue weighted by Crippen LogP contribution is 2.15. The van der Waals surface area contributed by atoms with E-state index in [0.717, 1.165) is 11.1 Å². The van der Waals surface area contributed by atoms with Gasteiger partial charge in [-0.1, -0.05) is 35.9 Å². The van der Waals surface area contributed by atoms with Crippen molar-refractivity contribution in [3.63, 3.8) is 0 Å². The van der Waals surface area contributed by atoms with Crippen LogP contribution in [-0.2, 0) is 6.54 Å². The molecule has 21 heavy (non-hydrogen) atoms. The van der Waals surface area contributed by atoms with Gasteiger partial charge in [-0.3, -0.25) is 4.79 Å². The molecule has 1 aromatic heterocycles. The minimum Gasteiger partial charge on any atom is -0.341 e. The first-order chi connectivity index (χ1) is 10.2. The minimum atomic E-state index is -0.222. The standard InChI is InChI=1S/C17H11ClN2O/c18-14-7-5-12(6-8-14)10-20-11-13(9-19)17(21)15-3-1-2-4-16(15)20/h1-8,11H,10H2. The molecule has 2 aromatic carbocycles. The Morgan fingerprint density at radius 3 is 2.52 bits per heavy atom. The van der Waals surface area contributed by atoms with E-state index in [1.165, 1.54) is 0 Å². The fraction of sp³-hybridized carbons (Fsp3) is 0.0588. The Kier molecular flexibility index (Phi) is 3.47. The number of halogens is 1. The molecule has 0 unspecified atom stereocenters. The van der Waals surface area contributed by atoms with E-state index in [9.17, 15) is 4.79 Å². The highest BCUT2D eigenvalue weighted by Gasteiger charge is 2.08. The average Bonchev–Trinajstić information content (AvgIpc) is 2.52. The molecule has 0 atom stereocenters. The van der Waals surface area contributed by atoms with Gasteiger partial charge in [-0.2, -0.15) is 5.26 Å². The molecule has 0 saturated carbocycles. The number of pyridine rings is 1. The second kappa shape index (κ2) is 5.43. The predicted molar refractivity (Wildman–Crippen MR) is 83.5 cm³/mol. The molecule has 3 nitrogen and oxygen atoms in total. The summed E-state index contributed by atoms with van der Waals surface area (Å²) in [5.41, 5.74) is 1.80. The van der Waals surface area contributed by atoms with Crippen molar-refractivity contribution >= 4 is 22.5 Å². The van der Waals surface area contributed by atoms with Gasteiger partial charge in [-0.15, -0.1) is 0 Å². The monoisotopic (exact) mass is 294 g/mol. The lowest BCUT2D eigenvalue weighted by Gasteiger charge is -2.11. The first-order valence-electron chi connectivity index (χ1n) is 6.46. The molecule has 0 fully saturated rings. The fourth-order valence-corrected chi connectivity index (χ4v) is 2.47. The Morgan fingerprint density at radius 1 is 1.10 bits per heavy atom. The third-order valence-electron chi connectivity index (χ3n) is 3.37. The summed E-state index contributed by atoms with van der Waals surface area (Å²) in [6, 6.07) is 16.8. The third-order valence-corrected chi connectivity index (χ3v) is 3.63. The lowest BCUT2D eigenvalue weighted by molar-refractivity contribution is 0.823. The minimum absolute atomic E-state index is 0.155. The number of nitrogens with zero attached hydrogens (tertiary/aromatic N) is 2. The van der Waals surface area contributed by atoms with Crippen LogP contribution < -0.4 is 5.43 Å². The number of fused-ring (bicyclic) bond motifs is 1. The zero-order valence-electron chi connectivity index (χ0n) is 11.1. The fourth-order valence-electron chi connectivity index (χ4n) is 2.34. The number of hydrogen-bond acceptors (Lipinski definition) is 2. The van der Waals surface area contributed by atoms with Crippen molar-refractivity contribution in [1.82, 2.24) is 4.57 Å². The van der Waals surface area contributed by atoms with E-state index in [4.69, 9.17) is 16.9 Å². The predicted octanol–water partition coefficient (Wildman–Crippen LogP) is 3.57. The second-order valence-electron chi connectivity index (χ2n) is 4.76. The van der Waals surface area contributed by atoms with Gasteiger partial charge in [-0.25, -0.2) is 0 Å². The second-order valence-corrected chi connectivity index (χ2v) is 5.19. The number of rotatable bonds is 2. The van der Waals surface area contributed by atoms with E-state index >= 15 is 0 Å². The van der Waals surface area contributed by atoms with Crippen LogP contribution in [0.2, 0.25) is 5.02 Å². The summed E-state index contributed by atoms with van der Waals surface area (Å²) in [5.74, 6) is 0. The molecule has 0 aliphatic carbocycles. The van der Waals surface area contributed by atoms with Gasteiger partial charge < -0.3 is 4.57 Å². The van der Waals surface area contributed by atoms with Crippen LogP contribution >= 0.6 is 11.6 Å². The summed E-state index contributed by atoms with van der Waals surface area (Å²) >= 11 is 5.89.